The van der Waals surface area contributed by atoms with E-state index >= 15 is 0 Å². The fraction of sp³-hybridized carbons (Fsp3) is 0.133. The Labute approximate surface area is 130 Å². The van der Waals surface area contributed by atoms with Gasteiger partial charge in [0.1, 0.15) is 6.10 Å². The van der Waals surface area contributed by atoms with E-state index in [1.54, 1.807) is 0 Å². The van der Waals surface area contributed by atoms with Crippen LogP contribution < -0.4 is 0 Å². The van der Waals surface area contributed by atoms with Gasteiger partial charge in [-0.15, -0.1) is 10.2 Å². The van der Waals surface area contributed by atoms with Crippen molar-refractivity contribution in [1.29, 1.82) is 0 Å². The monoisotopic (exact) mass is 344 g/mol. The third-order valence-electron chi connectivity index (χ3n) is 3.08. The van der Waals surface area contributed by atoms with Crippen LogP contribution in [0.4, 0.5) is 0 Å². The summed E-state index contributed by atoms with van der Waals surface area (Å²) in [6.07, 6.45) is -0.654. The zero-order chi connectivity index (χ0) is 14.7. The van der Waals surface area contributed by atoms with Crippen LogP contribution in [0.2, 0.25) is 0 Å². The Morgan fingerprint density at radius 1 is 1.05 bits per heavy atom. The van der Waals surface area contributed by atoms with Gasteiger partial charge in [-0.05, 0) is 35.0 Å². The molecule has 0 spiro atoms. The predicted octanol–water partition coefficient (Wildman–Crippen LogP) is 2.84. The molecule has 1 N–H and O–H groups in total. The van der Waals surface area contributed by atoms with Gasteiger partial charge in [-0.3, -0.25) is 0 Å². The van der Waals surface area contributed by atoms with Crippen molar-refractivity contribution in [2.45, 2.75) is 12.6 Å². The first-order valence-electron chi connectivity index (χ1n) is 6.49. The summed E-state index contributed by atoms with van der Waals surface area (Å²) in [5.74, 6) is 0.544. The number of nitrogens with zero attached hydrogens (tertiary/aromatic N) is 4. The van der Waals surface area contributed by atoms with E-state index in [4.69, 9.17) is 0 Å². The standard InChI is InChI=1S/C15H13BrN4O/c16-13-8-6-12(7-9-13)15-17-19-20(18-15)10-14(21)11-4-2-1-3-5-11/h1-9,14,21H,10H2. The highest BCUT2D eigenvalue weighted by molar-refractivity contribution is 9.10. The van der Waals surface area contributed by atoms with Crippen LogP contribution >= 0.6 is 15.9 Å². The third-order valence-corrected chi connectivity index (χ3v) is 3.60. The number of aliphatic hydroxyl groups excluding tert-OH is 1. The van der Waals surface area contributed by atoms with Gasteiger partial charge in [-0.25, -0.2) is 0 Å². The Morgan fingerprint density at radius 3 is 2.48 bits per heavy atom. The molecule has 0 saturated heterocycles. The van der Waals surface area contributed by atoms with Crippen molar-refractivity contribution in [1.82, 2.24) is 20.2 Å². The SMILES string of the molecule is OC(Cn1nnc(-c2ccc(Br)cc2)n1)c1ccccc1. The lowest BCUT2D eigenvalue weighted by atomic mass is 10.1. The van der Waals surface area contributed by atoms with Gasteiger partial charge in [0.15, 0.2) is 0 Å². The molecule has 1 unspecified atom stereocenters. The Hall–Kier alpha value is -2.05. The number of rotatable bonds is 4. The average molecular weight is 345 g/mol. The molecule has 0 aliphatic rings. The summed E-state index contributed by atoms with van der Waals surface area (Å²) in [4.78, 5) is 1.41. The van der Waals surface area contributed by atoms with Gasteiger partial charge in [-0.1, -0.05) is 46.3 Å². The van der Waals surface area contributed by atoms with Gasteiger partial charge in [0.05, 0.1) is 6.54 Å². The van der Waals surface area contributed by atoms with Gasteiger partial charge in [-0.2, -0.15) is 4.80 Å². The van der Waals surface area contributed by atoms with Crippen molar-refractivity contribution in [2.75, 3.05) is 0 Å². The van der Waals surface area contributed by atoms with Crippen molar-refractivity contribution < 1.29 is 5.11 Å². The number of hydrogen-bond donors (Lipinski definition) is 1. The van der Waals surface area contributed by atoms with E-state index in [-0.39, 0.29) is 6.54 Å². The number of aliphatic hydroxyl groups is 1. The highest BCUT2D eigenvalue weighted by Gasteiger charge is 2.11. The van der Waals surface area contributed by atoms with Crippen molar-refractivity contribution in [2.24, 2.45) is 0 Å². The van der Waals surface area contributed by atoms with Crippen LogP contribution in [-0.2, 0) is 6.54 Å². The highest BCUT2D eigenvalue weighted by atomic mass is 79.9. The molecule has 2 aromatic carbocycles. The molecule has 6 heteroatoms. The zero-order valence-electron chi connectivity index (χ0n) is 11.1. The molecule has 1 heterocycles. The molecular weight excluding hydrogens is 332 g/mol. The number of hydrogen-bond acceptors (Lipinski definition) is 4. The molecule has 3 rings (SSSR count). The Morgan fingerprint density at radius 2 is 1.76 bits per heavy atom. The summed E-state index contributed by atoms with van der Waals surface area (Å²) in [7, 11) is 0. The van der Waals surface area contributed by atoms with E-state index in [2.05, 4.69) is 31.3 Å². The van der Waals surface area contributed by atoms with Crippen LogP contribution in [0, 0.1) is 0 Å². The van der Waals surface area contributed by atoms with E-state index in [1.807, 2.05) is 54.6 Å². The molecule has 1 atom stereocenters. The normalized spacial score (nSPS) is 12.3. The smallest absolute Gasteiger partial charge is 0.204 e. The highest BCUT2D eigenvalue weighted by Crippen LogP contribution is 2.18. The van der Waals surface area contributed by atoms with E-state index in [0.717, 1.165) is 15.6 Å². The maximum Gasteiger partial charge on any atom is 0.204 e. The van der Waals surface area contributed by atoms with E-state index < -0.39 is 6.10 Å². The largest absolute Gasteiger partial charge is 0.386 e. The molecule has 0 saturated carbocycles. The number of tetrazole rings is 1. The minimum Gasteiger partial charge on any atom is -0.386 e. The van der Waals surface area contributed by atoms with Crippen molar-refractivity contribution in [3.05, 3.63) is 64.6 Å². The van der Waals surface area contributed by atoms with Crippen LogP contribution in [0.3, 0.4) is 0 Å². The molecule has 1 aromatic heterocycles. The molecule has 106 valence electrons. The molecule has 0 amide bonds. The minimum atomic E-state index is -0.654. The Kier molecular flexibility index (Phi) is 4.08. The quantitative estimate of drug-likeness (QED) is 0.790. The van der Waals surface area contributed by atoms with Gasteiger partial charge >= 0.3 is 0 Å². The molecule has 0 radical (unpaired) electrons. The van der Waals surface area contributed by atoms with E-state index in [9.17, 15) is 5.11 Å². The van der Waals surface area contributed by atoms with E-state index in [1.165, 1.54) is 4.80 Å². The van der Waals surface area contributed by atoms with Gasteiger partial charge < -0.3 is 5.11 Å². The summed E-state index contributed by atoms with van der Waals surface area (Å²) in [6, 6.07) is 17.1. The maximum absolute atomic E-state index is 10.2. The lowest BCUT2D eigenvalue weighted by molar-refractivity contribution is 0.144. The molecule has 0 bridgehead atoms. The van der Waals surface area contributed by atoms with Gasteiger partial charge in [0, 0.05) is 10.0 Å². The van der Waals surface area contributed by atoms with Crippen molar-refractivity contribution >= 4 is 15.9 Å². The first kappa shape index (κ1) is 13.9. The summed E-state index contributed by atoms with van der Waals surface area (Å²) in [5, 5.41) is 22.5. The van der Waals surface area contributed by atoms with Gasteiger partial charge in [0.2, 0.25) is 5.82 Å². The molecule has 21 heavy (non-hydrogen) atoms. The summed E-state index contributed by atoms with van der Waals surface area (Å²) >= 11 is 3.39. The molecular formula is C15H13BrN4O. The third kappa shape index (κ3) is 3.34. The minimum absolute atomic E-state index is 0.271. The summed E-state index contributed by atoms with van der Waals surface area (Å²) in [6.45, 7) is 0.271. The number of benzene rings is 2. The van der Waals surface area contributed by atoms with Gasteiger partial charge in [0.25, 0.3) is 0 Å². The van der Waals surface area contributed by atoms with Crippen molar-refractivity contribution in [3.63, 3.8) is 0 Å². The van der Waals surface area contributed by atoms with Crippen LogP contribution in [0.5, 0.6) is 0 Å². The lowest BCUT2D eigenvalue weighted by Crippen LogP contribution is -2.11. The Bertz CT molecular complexity index is 712. The van der Waals surface area contributed by atoms with Crippen LogP contribution in [0.1, 0.15) is 11.7 Å². The van der Waals surface area contributed by atoms with Crippen molar-refractivity contribution in [3.8, 4) is 11.4 Å². The molecule has 3 aromatic rings. The maximum atomic E-state index is 10.2. The number of halogens is 1. The fourth-order valence-corrected chi connectivity index (χ4v) is 2.23. The lowest BCUT2D eigenvalue weighted by Gasteiger charge is -2.08. The molecule has 5 nitrogen and oxygen atoms in total. The summed E-state index contributed by atoms with van der Waals surface area (Å²) in [5.41, 5.74) is 1.72. The Balaban J connectivity index is 1.75. The number of aromatic nitrogens is 4. The predicted molar refractivity (Wildman–Crippen MR) is 82.4 cm³/mol. The van der Waals surface area contributed by atoms with Crippen LogP contribution in [0.15, 0.2) is 59.1 Å². The molecule has 0 aliphatic carbocycles. The first-order chi connectivity index (χ1) is 10.2. The second-order valence-corrected chi connectivity index (χ2v) is 5.52. The van der Waals surface area contributed by atoms with Crippen LogP contribution in [0.25, 0.3) is 11.4 Å². The molecule has 0 fully saturated rings. The zero-order valence-corrected chi connectivity index (χ0v) is 12.7. The second kappa shape index (κ2) is 6.15. The van der Waals surface area contributed by atoms with E-state index in [0.29, 0.717) is 5.82 Å². The molecule has 0 aliphatic heterocycles. The fourth-order valence-electron chi connectivity index (χ4n) is 1.97. The van der Waals surface area contributed by atoms with Crippen LogP contribution in [-0.4, -0.2) is 25.3 Å². The summed E-state index contributed by atoms with van der Waals surface area (Å²) < 4.78 is 0.998. The second-order valence-electron chi connectivity index (χ2n) is 4.60. The average Bonchev–Trinajstić information content (AvgIpc) is 2.97. The first-order valence-corrected chi connectivity index (χ1v) is 7.28. The topological polar surface area (TPSA) is 63.8 Å².